The van der Waals surface area contributed by atoms with Gasteiger partial charge >= 0.3 is 0 Å². The highest BCUT2D eigenvalue weighted by Crippen LogP contribution is 2.35. The monoisotopic (exact) mass is 548 g/mol. The van der Waals surface area contributed by atoms with Gasteiger partial charge in [0.05, 0.1) is 19.9 Å². The van der Waals surface area contributed by atoms with E-state index in [0.29, 0.717) is 0 Å². The third-order valence-electron chi connectivity index (χ3n) is 3.43. The van der Waals surface area contributed by atoms with Crippen LogP contribution >= 0.6 is 34.8 Å². The Kier molecular flexibility index (Phi) is 8.66. The second-order valence-corrected chi connectivity index (χ2v) is 9.83. The predicted molar refractivity (Wildman–Crippen MR) is 114 cm³/mol. The highest BCUT2D eigenvalue weighted by Gasteiger charge is 2.29. The number of hydrogen-bond acceptors (Lipinski definition) is 9. The van der Waals surface area contributed by atoms with Crippen LogP contribution in [-0.4, -0.2) is 32.5 Å². The number of nitro groups is 2. The van der Waals surface area contributed by atoms with Crippen molar-refractivity contribution in [3.05, 3.63) is 65.1 Å². The minimum Gasteiger partial charge on any atom is -0.294 e. The van der Waals surface area contributed by atoms with Crippen molar-refractivity contribution in [3.63, 3.8) is 0 Å². The summed E-state index contributed by atoms with van der Waals surface area (Å²) in [7, 11) is -8.51. The van der Waals surface area contributed by atoms with Gasteiger partial charge in [0, 0.05) is 12.1 Å². The maximum absolute atomic E-state index is 11.3. The van der Waals surface area contributed by atoms with Crippen molar-refractivity contribution < 1.29 is 31.5 Å². The molecule has 0 aliphatic rings. The average molecular weight is 550 g/mol. The van der Waals surface area contributed by atoms with Crippen LogP contribution in [0.5, 0.6) is 0 Å². The molecule has 0 fully saturated rings. The van der Waals surface area contributed by atoms with Crippen molar-refractivity contribution in [1.29, 1.82) is 0 Å². The van der Waals surface area contributed by atoms with E-state index < -0.39 is 67.4 Å². The molecule has 0 unspecified atom stereocenters. The minimum absolute atomic E-state index is 0.256. The van der Waals surface area contributed by atoms with Crippen molar-refractivity contribution in [2.24, 2.45) is 10.3 Å². The molecule has 0 aromatic heterocycles. The first-order valence-electron chi connectivity index (χ1n) is 7.57. The highest BCUT2D eigenvalue weighted by atomic mass is 35.5. The van der Waals surface area contributed by atoms with Gasteiger partial charge in [0.2, 0.25) is 20.0 Å². The Labute approximate surface area is 195 Å². The molecule has 0 spiro atoms. The van der Waals surface area contributed by atoms with Crippen LogP contribution in [0.1, 0.15) is 17.3 Å². The van der Waals surface area contributed by atoms with Crippen LogP contribution in [0.4, 0.5) is 11.4 Å². The van der Waals surface area contributed by atoms with Crippen LogP contribution < -0.4 is 10.3 Å². The van der Waals surface area contributed by atoms with Gasteiger partial charge in [-0.1, -0.05) is 34.8 Å². The van der Waals surface area contributed by atoms with Gasteiger partial charge < -0.3 is 0 Å². The van der Waals surface area contributed by atoms with Crippen LogP contribution in [0.2, 0.25) is 15.1 Å². The summed E-state index contributed by atoms with van der Waals surface area (Å²) in [5, 5.41) is 29.7. The maximum atomic E-state index is 11.3. The molecule has 174 valence electrons. The molecular weight excluding hydrogens is 539 g/mol. The van der Waals surface area contributed by atoms with E-state index in [1.165, 1.54) is 0 Å². The summed E-state index contributed by atoms with van der Waals surface area (Å²) in [4.78, 5) is 29.4. The molecule has 32 heavy (non-hydrogen) atoms. The third kappa shape index (κ3) is 6.32. The Morgan fingerprint density at radius 3 is 1.53 bits per heavy atom. The number of benzene rings is 2. The van der Waals surface area contributed by atoms with Crippen molar-refractivity contribution >= 4 is 72.0 Å². The second-order valence-electron chi connectivity index (χ2n) is 5.64. The van der Waals surface area contributed by atoms with E-state index in [2.05, 4.69) is 0 Å². The number of rotatable bonds is 5. The summed E-state index contributed by atoms with van der Waals surface area (Å²) in [5.41, 5.74) is -1.82. The molecule has 2 rings (SSSR count). The predicted octanol–water partition coefficient (Wildman–Crippen LogP) is 2.65. The highest BCUT2D eigenvalue weighted by molar-refractivity contribution is 7.89. The molecule has 0 amide bonds. The molecule has 18 heteroatoms. The molecule has 0 atom stereocenters. The summed E-state index contributed by atoms with van der Waals surface area (Å²) in [6.07, 6.45) is 0. The van der Waals surface area contributed by atoms with Crippen LogP contribution in [-0.2, 0) is 20.0 Å². The number of Topliss-reactive ketones (excluding diaryl/α,β-unsaturated/α-hetero) is 1. The molecule has 0 aliphatic heterocycles. The number of carbonyl (C=O) groups is 1. The van der Waals surface area contributed by atoms with Crippen LogP contribution in [0.3, 0.4) is 0 Å². The van der Waals surface area contributed by atoms with E-state index in [4.69, 9.17) is 45.1 Å². The largest absolute Gasteiger partial charge is 0.294 e. The van der Waals surface area contributed by atoms with Crippen molar-refractivity contribution in [2.75, 3.05) is 0 Å². The number of hydrogen-bond donors (Lipinski definition) is 2. The van der Waals surface area contributed by atoms with Gasteiger partial charge in [-0.2, -0.15) is 0 Å². The molecule has 0 bridgehead atoms. The summed E-state index contributed by atoms with van der Waals surface area (Å²) in [6.45, 7) is 0.993. The van der Waals surface area contributed by atoms with Gasteiger partial charge in [0.15, 0.2) is 5.78 Å². The zero-order valence-corrected chi connectivity index (χ0v) is 19.4. The number of carbonyl (C=O) groups excluding carboxylic acids is 1. The van der Waals surface area contributed by atoms with Gasteiger partial charge in [-0.05, 0) is 19.1 Å². The number of halogens is 3. The first-order valence-corrected chi connectivity index (χ1v) is 11.8. The Balaban J connectivity index is 0.000000323. The Morgan fingerprint density at radius 1 is 0.812 bits per heavy atom. The first kappa shape index (κ1) is 27.6. The van der Waals surface area contributed by atoms with E-state index in [1.807, 2.05) is 0 Å². The fraction of sp³-hybridized carbons (Fsp3) is 0.0714. The lowest BCUT2D eigenvalue weighted by Gasteiger charge is -2.07. The lowest BCUT2D eigenvalue weighted by atomic mass is 10.1. The number of primary sulfonamides is 2. The lowest BCUT2D eigenvalue weighted by molar-refractivity contribution is -0.385. The molecule has 0 aliphatic carbocycles. The van der Waals surface area contributed by atoms with Gasteiger partial charge in [-0.25, -0.2) is 27.1 Å². The number of nitrogens with two attached hydrogens (primary N) is 2. The summed E-state index contributed by atoms with van der Waals surface area (Å²) < 4.78 is 44.6. The number of sulfonamides is 2. The second kappa shape index (κ2) is 10.0. The van der Waals surface area contributed by atoms with Crippen molar-refractivity contribution in [3.8, 4) is 0 Å². The molecule has 4 N–H and O–H groups in total. The Morgan fingerprint density at radius 2 is 1.19 bits per heavy atom. The molecule has 0 saturated carbocycles. The smallest absolute Gasteiger partial charge is 0.289 e. The number of ketones is 1. The molecular formula is C14H11Cl3N4O9S2. The van der Waals surface area contributed by atoms with Gasteiger partial charge in [-0.15, -0.1) is 0 Å². The fourth-order valence-electron chi connectivity index (χ4n) is 2.24. The van der Waals surface area contributed by atoms with Crippen LogP contribution in [0.15, 0.2) is 34.1 Å². The maximum Gasteiger partial charge on any atom is 0.289 e. The van der Waals surface area contributed by atoms with Gasteiger partial charge in [0.1, 0.15) is 20.4 Å². The molecule has 13 nitrogen and oxygen atoms in total. The van der Waals surface area contributed by atoms with Crippen molar-refractivity contribution in [1.82, 2.24) is 0 Å². The zero-order chi connectivity index (χ0) is 25.2. The summed E-state index contributed by atoms with van der Waals surface area (Å²) in [5.74, 6) is -0.803. The molecule has 2 aromatic carbocycles. The zero-order valence-electron chi connectivity index (χ0n) is 15.5. The van der Waals surface area contributed by atoms with Gasteiger partial charge in [0.25, 0.3) is 11.4 Å². The molecule has 0 radical (unpaired) electrons. The fourth-order valence-corrected chi connectivity index (χ4v) is 5.37. The van der Waals surface area contributed by atoms with E-state index in [-0.39, 0.29) is 10.0 Å². The average Bonchev–Trinajstić information content (AvgIpc) is 2.58. The van der Waals surface area contributed by atoms with E-state index >= 15 is 0 Å². The van der Waals surface area contributed by atoms with E-state index in [0.717, 1.165) is 31.2 Å². The SMILES string of the molecule is CC(=O)c1c([N+](=O)[O-])ccc(Cl)c1S(N)(=O)=O.NS(=O)(=O)c1c(Cl)ccc([N+](=O)[O-])c1Cl. The van der Waals surface area contributed by atoms with Gasteiger partial charge in [-0.3, -0.25) is 25.0 Å². The van der Waals surface area contributed by atoms with Crippen molar-refractivity contribution in [2.45, 2.75) is 16.7 Å². The minimum atomic E-state index is -4.32. The topological polar surface area (TPSA) is 224 Å². The Hall–Kier alpha value is -2.40. The van der Waals surface area contributed by atoms with E-state index in [1.54, 1.807) is 0 Å². The van der Waals surface area contributed by atoms with Crippen LogP contribution in [0, 0.1) is 20.2 Å². The summed E-state index contributed by atoms with van der Waals surface area (Å²) >= 11 is 16.6. The summed E-state index contributed by atoms with van der Waals surface area (Å²) in [6, 6.07) is 4.00. The molecule has 0 heterocycles. The van der Waals surface area contributed by atoms with E-state index in [9.17, 15) is 41.9 Å². The molecule has 2 aromatic rings. The van der Waals surface area contributed by atoms with Crippen LogP contribution in [0.25, 0.3) is 0 Å². The quantitative estimate of drug-likeness (QED) is 0.317. The lowest BCUT2D eigenvalue weighted by Crippen LogP contribution is -2.18. The molecule has 0 saturated heterocycles. The first-order chi connectivity index (χ1) is 14.4. The standard InChI is InChI=1S/C8H7ClN2O5S.C6H4Cl2N2O4S/c1-4(12)7-6(11(13)14)3-2-5(9)8(7)17(10,15)16;7-3-1-2-4(10(11)12)5(8)6(3)15(9,13)14/h2-3H,1H3,(H2,10,15,16);1-2H,(H2,9,13,14). The Bertz CT molecular complexity index is 1350. The number of nitrogens with zero attached hydrogens (tertiary/aromatic N) is 2. The third-order valence-corrected chi connectivity index (χ3v) is 6.77. The normalized spacial score (nSPS) is 11.3. The number of nitro benzene ring substituents is 2.